The number of anilines is 1. The molecule has 6 heteroatoms. The van der Waals surface area contributed by atoms with Gasteiger partial charge in [0.15, 0.2) is 5.17 Å². The molecule has 4 nitrogen and oxygen atoms in total. The fourth-order valence-electron chi connectivity index (χ4n) is 2.00. The summed E-state index contributed by atoms with van der Waals surface area (Å²) in [5.74, 6) is 0.410. The van der Waals surface area contributed by atoms with Gasteiger partial charge in [-0.25, -0.2) is 0 Å². The molecule has 0 bridgehead atoms. The zero-order chi connectivity index (χ0) is 15.4. The van der Waals surface area contributed by atoms with Crippen LogP contribution >= 0.6 is 27.7 Å². The molecule has 1 fully saturated rings. The van der Waals surface area contributed by atoms with Gasteiger partial charge in [-0.05, 0) is 29.8 Å². The lowest BCUT2D eigenvalue weighted by molar-refractivity contribution is -0.115. The summed E-state index contributed by atoms with van der Waals surface area (Å²) < 4.78 is 0.987. The maximum atomic E-state index is 12.0. The minimum atomic E-state index is 0.0209. The molecule has 3 rings (SSSR count). The second-order valence-electron chi connectivity index (χ2n) is 4.54. The Kier molecular flexibility index (Phi) is 4.70. The standard InChI is InChI=1S/C16H12BrN3OS/c17-13-6-4-5-12(9-13)10-18-19-16-20(15(21)11-22-16)14-7-2-1-3-8-14/h1-10H,11H2/b18-10+,19-16-. The van der Waals surface area contributed by atoms with Crippen molar-refractivity contribution < 1.29 is 4.79 Å². The molecule has 0 radical (unpaired) electrons. The molecule has 0 aromatic heterocycles. The first-order valence-electron chi connectivity index (χ1n) is 6.61. The average Bonchev–Trinajstić information content (AvgIpc) is 2.89. The first-order chi connectivity index (χ1) is 10.7. The van der Waals surface area contributed by atoms with Gasteiger partial charge in [-0.15, -0.1) is 5.10 Å². The second-order valence-corrected chi connectivity index (χ2v) is 6.39. The van der Waals surface area contributed by atoms with Crippen LogP contribution in [0.15, 0.2) is 69.3 Å². The fourth-order valence-corrected chi connectivity index (χ4v) is 3.24. The minimum Gasteiger partial charge on any atom is -0.273 e. The van der Waals surface area contributed by atoms with Crippen LogP contribution in [0.5, 0.6) is 0 Å². The molecule has 1 aliphatic heterocycles. The van der Waals surface area contributed by atoms with Crippen molar-refractivity contribution in [2.75, 3.05) is 10.7 Å². The summed E-state index contributed by atoms with van der Waals surface area (Å²) >= 11 is 4.81. The lowest BCUT2D eigenvalue weighted by Gasteiger charge is -2.14. The van der Waals surface area contributed by atoms with Gasteiger partial charge in [0.05, 0.1) is 17.7 Å². The molecule has 0 atom stereocenters. The second kappa shape index (κ2) is 6.89. The van der Waals surface area contributed by atoms with Gasteiger partial charge >= 0.3 is 0 Å². The number of carbonyl (C=O) groups is 1. The van der Waals surface area contributed by atoms with Crippen LogP contribution in [0.2, 0.25) is 0 Å². The largest absolute Gasteiger partial charge is 0.273 e. The Hall–Kier alpha value is -1.92. The normalized spacial score (nSPS) is 16.9. The van der Waals surface area contributed by atoms with Gasteiger partial charge in [-0.3, -0.25) is 9.69 Å². The quantitative estimate of drug-likeness (QED) is 0.604. The third-order valence-electron chi connectivity index (χ3n) is 2.98. The Morgan fingerprint density at radius 1 is 1.14 bits per heavy atom. The van der Waals surface area contributed by atoms with Gasteiger partial charge in [-0.1, -0.05) is 58.0 Å². The van der Waals surface area contributed by atoms with E-state index in [4.69, 9.17) is 0 Å². The maximum absolute atomic E-state index is 12.0. The summed E-state index contributed by atoms with van der Waals surface area (Å²) in [6.07, 6.45) is 1.67. The van der Waals surface area contributed by atoms with Crippen LogP contribution < -0.4 is 4.90 Å². The first kappa shape index (κ1) is 15.0. The van der Waals surface area contributed by atoms with Gasteiger partial charge in [0.2, 0.25) is 5.91 Å². The third kappa shape index (κ3) is 3.45. The van der Waals surface area contributed by atoms with Crippen LogP contribution in [0.4, 0.5) is 5.69 Å². The zero-order valence-electron chi connectivity index (χ0n) is 11.5. The van der Waals surface area contributed by atoms with E-state index in [1.165, 1.54) is 11.8 Å². The van der Waals surface area contributed by atoms with Crippen molar-refractivity contribution in [3.63, 3.8) is 0 Å². The molecule has 1 amide bonds. The van der Waals surface area contributed by atoms with Gasteiger partial charge < -0.3 is 0 Å². The van der Waals surface area contributed by atoms with Crippen molar-refractivity contribution in [1.29, 1.82) is 0 Å². The number of rotatable bonds is 3. The van der Waals surface area contributed by atoms with E-state index in [9.17, 15) is 4.79 Å². The van der Waals surface area contributed by atoms with Crippen LogP contribution in [-0.4, -0.2) is 23.0 Å². The van der Waals surface area contributed by atoms with Crippen molar-refractivity contribution in [3.05, 3.63) is 64.6 Å². The molecule has 22 heavy (non-hydrogen) atoms. The Labute approximate surface area is 141 Å². The fraction of sp³-hybridized carbons (Fsp3) is 0.0625. The average molecular weight is 374 g/mol. The highest BCUT2D eigenvalue weighted by molar-refractivity contribution is 9.10. The zero-order valence-corrected chi connectivity index (χ0v) is 13.9. The highest BCUT2D eigenvalue weighted by Crippen LogP contribution is 2.26. The van der Waals surface area contributed by atoms with E-state index >= 15 is 0 Å². The summed E-state index contributed by atoms with van der Waals surface area (Å²) in [6.45, 7) is 0. The molecule has 0 saturated carbocycles. The summed E-state index contributed by atoms with van der Waals surface area (Å²) in [5, 5.41) is 8.90. The first-order valence-corrected chi connectivity index (χ1v) is 8.39. The van der Waals surface area contributed by atoms with E-state index in [0.29, 0.717) is 10.9 Å². The highest BCUT2D eigenvalue weighted by atomic mass is 79.9. The van der Waals surface area contributed by atoms with Crippen LogP contribution in [-0.2, 0) is 4.79 Å². The van der Waals surface area contributed by atoms with Gasteiger partial charge in [0, 0.05) is 4.47 Å². The number of benzene rings is 2. The lowest BCUT2D eigenvalue weighted by Crippen LogP contribution is -2.28. The Morgan fingerprint density at radius 2 is 1.95 bits per heavy atom. The van der Waals surface area contributed by atoms with Gasteiger partial charge in [0.25, 0.3) is 0 Å². The maximum Gasteiger partial charge on any atom is 0.243 e. The van der Waals surface area contributed by atoms with Crippen molar-refractivity contribution in [2.45, 2.75) is 0 Å². The van der Waals surface area contributed by atoms with Crippen LogP contribution in [0.25, 0.3) is 0 Å². The minimum absolute atomic E-state index is 0.0209. The van der Waals surface area contributed by atoms with E-state index < -0.39 is 0 Å². The third-order valence-corrected chi connectivity index (χ3v) is 4.39. The Bertz CT molecular complexity index is 746. The molecule has 1 aliphatic rings. The van der Waals surface area contributed by atoms with Crippen molar-refractivity contribution in [3.8, 4) is 0 Å². The number of halogens is 1. The van der Waals surface area contributed by atoms with E-state index in [-0.39, 0.29) is 5.91 Å². The molecule has 0 spiro atoms. The van der Waals surface area contributed by atoms with Crippen molar-refractivity contribution >= 4 is 50.7 Å². The molecular formula is C16H12BrN3OS. The summed E-state index contributed by atoms with van der Waals surface area (Å²) in [6, 6.07) is 17.3. The van der Waals surface area contributed by atoms with Crippen LogP contribution in [0.3, 0.4) is 0 Å². The Balaban J connectivity index is 1.82. The number of hydrogen-bond acceptors (Lipinski definition) is 4. The number of para-hydroxylation sites is 1. The van der Waals surface area contributed by atoms with E-state index in [1.807, 2.05) is 54.6 Å². The van der Waals surface area contributed by atoms with Gasteiger partial charge in [-0.2, -0.15) is 5.10 Å². The molecule has 0 unspecified atom stereocenters. The Morgan fingerprint density at radius 3 is 2.73 bits per heavy atom. The van der Waals surface area contributed by atoms with Crippen LogP contribution in [0, 0.1) is 0 Å². The van der Waals surface area contributed by atoms with E-state index in [2.05, 4.69) is 26.1 Å². The molecule has 1 saturated heterocycles. The lowest BCUT2D eigenvalue weighted by atomic mass is 10.2. The number of amides is 1. The van der Waals surface area contributed by atoms with Crippen molar-refractivity contribution in [2.24, 2.45) is 10.2 Å². The number of nitrogens with zero attached hydrogens (tertiary/aromatic N) is 3. The molecule has 0 aliphatic carbocycles. The van der Waals surface area contributed by atoms with E-state index in [1.54, 1.807) is 11.1 Å². The predicted molar refractivity (Wildman–Crippen MR) is 95.6 cm³/mol. The van der Waals surface area contributed by atoms with Crippen molar-refractivity contribution in [1.82, 2.24) is 0 Å². The smallest absolute Gasteiger partial charge is 0.243 e. The number of carbonyl (C=O) groups excluding carboxylic acids is 1. The van der Waals surface area contributed by atoms with Gasteiger partial charge in [0.1, 0.15) is 0 Å². The summed E-state index contributed by atoms with van der Waals surface area (Å²) in [5.41, 5.74) is 1.76. The topological polar surface area (TPSA) is 45.0 Å². The molecule has 2 aromatic rings. The van der Waals surface area contributed by atoms with E-state index in [0.717, 1.165) is 15.7 Å². The summed E-state index contributed by atoms with van der Waals surface area (Å²) in [7, 11) is 0. The number of amidine groups is 1. The number of thioether (sulfide) groups is 1. The SMILES string of the molecule is O=C1CS/C(=N\N=C\c2cccc(Br)c2)N1c1ccccc1. The monoisotopic (exact) mass is 373 g/mol. The molecule has 0 N–H and O–H groups in total. The summed E-state index contributed by atoms with van der Waals surface area (Å²) in [4.78, 5) is 13.6. The highest BCUT2D eigenvalue weighted by Gasteiger charge is 2.29. The number of hydrogen-bond donors (Lipinski definition) is 0. The molecule has 1 heterocycles. The predicted octanol–water partition coefficient (Wildman–Crippen LogP) is 3.92. The molecule has 110 valence electrons. The van der Waals surface area contributed by atoms with Crippen LogP contribution in [0.1, 0.15) is 5.56 Å². The molecule has 2 aromatic carbocycles. The molecular weight excluding hydrogens is 362 g/mol.